The van der Waals surface area contributed by atoms with Crippen molar-refractivity contribution >= 4 is 5.97 Å². The Bertz CT molecular complexity index is 434. The van der Waals surface area contributed by atoms with E-state index in [1.165, 1.54) is 0 Å². The molecule has 0 aliphatic carbocycles. The lowest BCUT2D eigenvalue weighted by Gasteiger charge is -2.21. The molecule has 1 aromatic carbocycles. The van der Waals surface area contributed by atoms with Crippen LogP contribution in [0.5, 0.6) is 5.75 Å². The fraction of sp³-hybridized carbons (Fsp3) is 0.364. The van der Waals surface area contributed by atoms with Gasteiger partial charge in [-0.15, -0.1) is 0 Å². The van der Waals surface area contributed by atoms with E-state index in [0.717, 1.165) is 5.56 Å². The average molecular weight is 239 g/mol. The minimum atomic E-state index is -1.35. The molecule has 92 valence electrons. The molecule has 1 heterocycles. The molecule has 1 aliphatic rings. The van der Waals surface area contributed by atoms with Gasteiger partial charge in [-0.3, -0.25) is 4.79 Å². The normalized spacial score (nSPS) is 17.8. The molecule has 0 amide bonds. The van der Waals surface area contributed by atoms with E-state index in [1.54, 1.807) is 18.2 Å². The van der Waals surface area contributed by atoms with Gasteiger partial charge in [0.05, 0.1) is 6.61 Å². The van der Waals surface area contributed by atoms with Crippen LogP contribution in [0.4, 0.5) is 0 Å². The van der Waals surface area contributed by atoms with Crippen molar-refractivity contribution in [1.29, 1.82) is 0 Å². The maximum absolute atomic E-state index is 10.7. The number of aliphatic hydroxyl groups is 1. The van der Waals surface area contributed by atoms with Crippen LogP contribution in [0.15, 0.2) is 18.2 Å². The number of nitrogens with two attached hydrogens (primary N) is 1. The highest BCUT2D eigenvalue weighted by atomic mass is 16.7. The van der Waals surface area contributed by atoms with Gasteiger partial charge in [0.2, 0.25) is 0 Å². The van der Waals surface area contributed by atoms with Crippen LogP contribution in [0.1, 0.15) is 17.2 Å². The second kappa shape index (κ2) is 4.70. The molecule has 17 heavy (non-hydrogen) atoms. The second-order valence-corrected chi connectivity index (χ2v) is 3.79. The van der Waals surface area contributed by atoms with Gasteiger partial charge in [-0.1, -0.05) is 6.07 Å². The number of carbonyl (C=O) groups is 1. The van der Waals surface area contributed by atoms with Crippen molar-refractivity contribution in [3.8, 4) is 5.75 Å². The standard InChI is InChI=1S/C11H13NO5/c12-9(11(14)15)10(13)6-1-2-8-7(3-6)4-16-5-17-8/h1-3,9-10,13H,4-5,12H2,(H,14,15). The maximum atomic E-state index is 10.7. The van der Waals surface area contributed by atoms with E-state index in [0.29, 0.717) is 17.9 Å². The molecular formula is C11H13NO5. The lowest BCUT2D eigenvalue weighted by atomic mass is 10.0. The molecule has 0 aromatic heterocycles. The van der Waals surface area contributed by atoms with Gasteiger partial charge in [0.1, 0.15) is 17.9 Å². The average Bonchev–Trinajstić information content (AvgIpc) is 2.36. The highest BCUT2D eigenvalue weighted by Crippen LogP contribution is 2.27. The van der Waals surface area contributed by atoms with Gasteiger partial charge in [0, 0.05) is 5.56 Å². The van der Waals surface area contributed by atoms with Gasteiger partial charge in [0.25, 0.3) is 0 Å². The number of ether oxygens (including phenoxy) is 2. The van der Waals surface area contributed by atoms with E-state index < -0.39 is 18.1 Å². The lowest BCUT2D eigenvalue weighted by molar-refractivity contribution is -0.141. The van der Waals surface area contributed by atoms with Gasteiger partial charge in [-0.25, -0.2) is 0 Å². The molecule has 1 aromatic rings. The van der Waals surface area contributed by atoms with Crippen LogP contribution in [-0.4, -0.2) is 29.0 Å². The van der Waals surface area contributed by atoms with E-state index in [-0.39, 0.29) is 6.79 Å². The van der Waals surface area contributed by atoms with Crippen molar-refractivity contribution < 1.29 is 24.5 Å². The Morgan fingerprint density at radius 1 is 1.47 bits per heavy atom. The first kappa shape index (κ1) is 11.8. The molecule has 0 saturated heterocycles. The summed E-state index contributed by atoms with van der Waals surface area (Å²) in [6.07, 6.45) is -1.25. The van der Waals surface area contributed by atoms with Crippen molar-refractivity contribution in [2.45, 2.75) is 18.8 Å². The first-order valence-corrected chi connectivity index (χ1v) is 5.09. The van der Waals surface area contributed by atoms with E-state index in [9.17, 15) is 9.90 Å². The summed E-state index contributed by atoms with van der Waals surface area (Å²) >= 11 is 0. The molecular weight excluding hydrogens is 226 g/mol. The van der Waals surface area contributed by atoms with E-state index in [1.807, 2.05) is 0 Å². The van der Waals surface area contributed by atoms with Gasteiger partial charge in [0.15, 0.2) is 6.79 Å². The summed E-state index contributed by atoms with van der Waals surface area (Å²) in [4.78, 5) is 10.7. The van der Waals surface area contributed by atoms with Crippen LogP contribution < -0.4 is 10.5 Å². The van der Waals surface area contributed by atoms with Gasteiger partial charge in [-0.2, -0.15) is 0 Å². The Hall–Kier alpha value is -1.63. The third-order valence-corrected chi connectivity index (χ3v) is 2.61. The number of hydrogen-bond acceptors (Lipinski definition) is 5. The quantitative estimate of drug-likeness (QED) is 0.686. The van der Waals surface area contributed by atoms with Crippen LogP contribution >= 0.6 is 0 Å². The summed E-state index contributed by atoms with van der Waals surface area (Å²) in [6, 6.07) is 3.56. The zero-order chi connectivity index (χ0) is 12.4. The van der Waals surface area contributed by atoms with Crippen LogP contribution in [0.25, 0.3) is 0 Å². The monoisotopic (exact) mass is 239 g/mol. The number of carboxylic acid groups (broad SMARTS) is 1. The Balaban J connectivity index is 2.24. The van der Waals surface area contributed by atoms with Crippen molar-refractivity contribution in [3.05, 3.63) is 29.3 Å². The third-order valence-electron chi connectivity index (χ3n) is 2.61. The molecule has 0 radical (unpaired) electrons. The van der Waals surface area contributed by atoms with Crippen LogP contribution in [-0.2, 0) is 16.1 Å². The number of hydrogen-bond donors (Lipinski definition) is 3. The van der Waals surface area contributed by atoms with E-state index >= 15 is 0 Å². The second-order valence-electron chi connectivity index (χ2n) is 3.79. The maximum Gasteiger partial charge on any atom is 0.323 e. The highest BCUT2D eigenvalue weighted by molar-refractivity contribution is 5.74. The van der Waals surface area contributed by atoms with Crippen molar-refractivity contribution in [2.75, 3.05) is 6.79 Å². The SMILES string of the molecule is NC(C(=O)O)C(O)c1ccc2c(c1)COCO2. The Morgan fingerprint density at radius 3 is 2.94 bits per heavy atom. The number of carboxylic acids is 1. The molecule has 0 fully saturated rings. The predicted octanol–water partition coefficient (Wildman–Crippen LogP) is -0.00160. The zero-order valence-electron chi connectivity index (χ0n) is 9.00. The molecule has 1 aliphatic heterocycles. The lowest BCUT2D eigenvalue weighted by Crippen LogP contribution is -2.36. The van der Waals surface area contributed by atoms with E-state index in [2.05, 4.69) is 0 Å². The number of benzene rings is 1. The number of aliphatic hydroxyl groups excluding tert-OH is 1. The summed E-state index contributed by atoms with van der Waals surface area (Å²) in [7, 11) is 0. The third kappa shape index (κ3) is 2.38. The molecule has 0 spiro atoms. The summed E-state index contributed by atoms with van der Waals surface area (Å²) in [5, 5.41) is 18.5. The van der Waals surface area contributed by atoms with Crippen LogP contribution in [0, 0.1) is 0 Å². The summed E-state index contributed by atoms with van der Waals surface area (Å²) < 4.78 is 10.3. The number of rotatable bonds is 3. The Labute approximate surface area is 97.6 Å². The highest BCUT2D eigenvalue weighted by Gasteiger charge is 2.24. The van der Waals surface area contributed by atoms with Crippen LogP contribution in [0.3, 0.4) is 0 Å². The summed E-state index contributed by atoms with van der Waals surface area (Å²) in [5.41, 5.74) is 6.56. The van der Waals surface area contributed by atoms with Crippen molar-refractivity contribution in [1.82, 2.24) is 0 Å². The first-order chi connectivity index (χ1) is 8.09. The van der Waals surface area contributed by atoms with Crippen molar-refractivity contribution in [2.24, 2.45) is 5.73 Å². The number of aliphatic carboxylic acids is 1. The molecule has 2 atom stereocenters. The molecule has 2 unspecified atom stereocenters. The van der Waals surface area contributed by atoms with Gasteiger partial charge >= 0.3 is 5.97 Å². The molecule has 6 nitrogen and oxygen atoms in total. The minimum Gasteiger partial charge on any atom is -0.480 e. The van der Waals surface area contributed by atoms with Gasteiger partial charge in [-0.05, 0) is 17.7 Å². The van der Waals surface area contributed by atoms with Crippen LogP contribution in [0.2, 0.25) is 0 Å². The van der Waals surface area contributed by atoms with E-state index in [4.69, 9.17) is 20.3 Å². The molecule has 4 N–H and O–H groups in total. The van der Waals surface area contributed by atoms with Gasteiger partial charge < -0.3 is 25.4 Å². The molecule has 2 rings (SSSR count). The molecule has 0 bridgehead atoms. The smallest absolute Gasteiger partial charge is 0.323 e. The van der Waals surface area contributed by atoms with Crippen molar-refractivity contribution in [3.63, 3.8) is 0 Å². The Morgan fingerprint density at radius 2 is 2.24 bits per heavy atom. The fourth-order valence-electron chi connectivity index (χ4n) is 1.64. The first-order valence-electron chi connectivity index (χ1n) is 5.09. The summed E-state index contributed by atoms with van der Waals surface area (Å²) in [5.74, 6) is -0.571. The fourth-order valence-corrected chi connectivity index (χ4v) is 1.64. The predicted molar refractivity (Wildman–Crippen MR) is 57.3 cm³/mol. The molecule has 6 heteroatoms. The summed E-state index contributed by atoms with van der Waals surface area (Å²) in [6.45, 7) is 0.571. The number of fused-ring (bicyclic) bond motifs is 1. The minimum absolute atomic E-state index is 0.198. The largest absolute Gasteiger partial charge is 0.480 e. The molecule has 0 saturated carbocycles. The Kier molecular flexibility index (Phi) is 3.28. The topological polar surface area (TPSA) is 102 Å². The zero-order valence-corrected chi connectivity index (χ0v) is 9.00.